The van der Waals surface area contributed by atoms with E-state index in [0.29, 0.717) is 16.0 Å². The van der Waals surface area contributed by atoms with Crippen LogP contribution in [0.25, 0.3) is 15.7 Å². The lowest BCUT2D eigenvalue weighted by molar-refractivity contribution is 0.566. The molecule has 0 aliphatic rings. The Balaban J connectivity index is 2.67. The molecule has 0 aliphatic carbocycles. The molecule has 0 fully saturated rings. The summed E-state index contributed by atoms with van der Waals surface area (Å²) >= 11 is 1.35. The molecule has 2 aromatic rings. The van der Waals surface area contributed by atoms with Gasteiger partial charge in [-0.15, -0.1) is 11.3 Å². The van der Waals surface area contributed by atoms with Crippen molar-refractivity contribution in [2.24, 2.45) is 0 Å². The van der Waals surface area contributed by atoms with Crippen LogP contribution < -0.4 is 5.56 Å². The van der Waals surface area contributed by atoms with Crippen molar-refractivity contribution >= 4 is 27.0 Å². The van der Waals surface area contributed by atoms with Crippen LogP contribution in [0.15, 0.2) is 35.3 Å². The highest BCUT2D eigenvalue weighted by atomic mass is 32.1. The molecule has 0 saturated carbocycles. The summed E-state index contributed by atoms with van der Waals surface area (Å²) in [6, 6.07) is 9.34. The van der Waals surface area contributed by atoms with Crippen molar-refractivity contribution in [3.05, 3.63) is 45.8 Å². The third kappa shape index (κ3) is 2.39. The minimum atomic E-state index is -0.292. The fourth-order valence-corrected chi connectivity index (χ4v) is 2.47. The second-order valence-corrected chi connectivity index (χ2v) is 4.97. The van der Waals surface area contributed by atoms with Crippen LogP contribution in [-0.2, 0) is 0 Å². The Morgan fingerprint density at radius 2 is 2.17 bits per heavy atom. The summed E-state index contributed by atoms with van der Waals surface area (Å²) in [6.07, 6.45) is 1.66. The summed E-state index contributed by atoms with van der Waals surface area (Å²) < 4.78 is 0.840. The molecule has 0 atom stereocenters. The lowest BCUT2D eigenvalue weighted by atomic mass is 10.3. The van der Waals surface area contributed by atoms with Crippen LogP contribution >= 0.6 is 11.3 Å². The van der Waals surface area contributed by atoms with E-state index in [2.05, 4.69) is 11.1 Å². The molecule has 1 aromatic carbocycles. The number of hydrogen-bond donors (Lipinski definition) is 0. The summed E-state index contributed by atoms with van der Waals surface area (Å²) in [5.74, 6) is 0. The van der Waals surface area contributed by atoms with E-state index < -0.39 is 0 Å². The molecule has 1 aromatic heterocycles. The van der Waals surface area contributed by atoms with Crippen molar-refractivity contribution in [1.82, 2.24) is 9.88 Å². The van der Waals surface area contributed by atoms with E-state index in [1.54, 1.807) is 23.2 Å². The van der Waals surface area contributed by atoms with Crippen molar-refractivity contribution in [3.63, 3.8) is 0 Å². The number of nitriles is 1. The maximum Gasteiger partial charge on any atom is 0.279 e. The van der Waals surface area contributed by atoms with Gasteiger partial charge in [0.2, 0.25) is 0 Å². The Morgan fingerprint density at radius 1 is 1.44 bits per heavy atom. The molecule has 0 unspecified atom stereocenters. The zero-order valence-corrected chi connectivity index (χ0v) is 10.9. The number of nitrogens with zero attached hydrogens (tertiary/aromatic N) is 3. The number of rotatable bonds is 2. The maximum atomic E-state index is 11.9. The molecule has 5 heteroatoms. The molecule has 0 radical (unpaired) electrons. The molecular weight excluding hydrogens is 246 g/mol. The van der Waals surface area contributed by atoms with E-state index in [1.807, 2.05) is 26.2 Å². The molecule has 90 valence electrons. The molecule has 18 heavy (non-hydrogen) atoms. The molecule has 0 amide bonds. The quantitative estimate of drug-likeness (QED) is 0.773. The molecular formula is C13H11N3OS. The van der Waals surface area contributed by atoms with Crippen LogP contribution in [-0.4, -0.2) is 24.0 Å². The van der Waals surface area contributed by atoms with E-state index in [9.17, 15) is 4.79 Å². The standard InChI is InChI=1S/C13H11N3OS/c1-16(2)8-9(7-14)13-15-12(17)10-5-3-4-6-11(10)18-13/h3-6,8H,1-2H3. The molecule has 0 spiro atoms. The molecule has 4 nitrogen and oxygen atoms in total. The Morgan fingerprint density at radius 3 is 2.83 bits per heavy atom. The highest BCUT2D eigenvalue weighted by Gasteiger charge is 2.08. The fraction of sp³-hybridized carbons (Fsp3) is 0.154. The van der Waals surface area contributed by atoms with Crippen LogP contribution in [0.2, 0.25) is 0 Å². The van der Waals surface area contributed by atoms with Crippen molar-refractivity contribution in [1.29, 1.82) is 5.26 Å². The smallest absolute Gasteiger partial charge is 0.279 e. The van der Waals surface area contributed by atoms with Crippen LogP contribution in [0.3, 0.4) is 0 Å². The van der Waals surface area contributed by atoms with Gasteiger partial charge in [0.1, 0.15) is 16.6 Å². The van der Waals surface area contributed by atoms with Gasteiger partial charge in [-0.05, 0) is 12.1 Å². The predicted molar refractivity (Wildman–Crippen MR) is 73.2 cm³/mol. The lowest BCUT2D eigenvalue weighted by Gasteiger charge is -2.05. The second-order valence-electron chi connectivity index (χ2n) is 3.94. The van der Waals surface area contributed by atoms with E-state index in [1.165, 1.54) is 11.3 Å². The van der Waals surface area contributed by atoms with Crippen LogP contribution in [0.5, 0.6) is 0 Å². The number of benzene rings is 1. The summed E-state index contributed by atoms with van der Waals surface area (Å²) in [5.41, 5.74) is 0.104. The molecule has 0 aliphatic heterocycles. The van der Waals surface area contributed by atoms with E-state index >= 15 is 0 Å². The zero-order chi connectivity index (χ0) is 13.1. The Kier molecular flexibility index (Phi) is 3.40. The Bertz CT molecular complexity index is 710. The number of aromatic nitrogens is 1. The topological polar surface area (TPSA) is 57.0 Å². The van der Waals surface area contributed by atoms with Gasteiger partial charge in [0, 0.05) is 25.0 Å². The van der Waals surface area contributed by atoms with E-state index in [-0.39, 0.29) is 5.56 Å². The maximum absolute atomic E-state index is 11.9. The van der Waals surface area contributed by atoms with Crippen molar-refractivity contribution in [3.8, 4) is 6.07 Å². The van der Waals surface area contributed by atoms with Gasteiger partial charge in [-0.2, -0.15) is 10.2 Å². The normalized spacial score (nSPS) is 11.3. The van der Waals surface area contributed by atoms with Gasteiger partial charge < -0.3 is 4.90 Å². The van der Waals surface area contributed by atoms with Crippen LogP contribution in [0.1, 0.15) is 5.01 Å². The number of fused-ring (bicyclic) bond motifs is 1. The van der Waals surface area contributed by atoms with Crippen molar-refractivity contribution < 1.29 is 0 Å². The van der Waals surface area contributed by atoms with Crippen molar-refractivity contribution in [2.45, 2.75) is 0 Å². The molecule has 1 heterocycles. The largest absolute Gasteiger partial charge is 0.382 e. The third-order valence-corrected chi connectivity index (χ3v) is 3.35. The molecule has 0 N–H and O–H groups in total. The van der Waals surface area contributed by atoms with Gasteiger partial charge in [0.15, 0.2) is 0 Å². The summed E-state index contributed by atoms with van der Waals surface area (Å²) in [7, 11) is 3.64. The number of allylic oxidation sites excluding steroid dienone is 1. The number of hydrogen-bond acceptors (Lipinski definition) is 5. The Hall–Kier alpha value is -2.19. The first kappa shape index (κ1) is 12.3. The van der Waals surface area contributed by atoms with E-state index in [0.717, 1.165) is 4.70 Å². The summed E-state index contributed by atoms with van der Waals surface area (Å²) in [5, 5.41) is 10.2. The predicted octanol–water partition coefficient (Wildman–Crippen LogP) is 2.08. The average Bonchev–Trinajstić information content (AvgIpc) is 2.35. The third-order valence-electron chi connectivity index (χ3n) is 2.27. The van der Waals surface area contributed by atoms with Gasteiger partial charge in [-0.25, -0.2) is 0 Å². The summed E-state index contributed by atoms with van der Waals surface area (Å²) in [6.45, 7) is 0. The average molecular weight is 257 g/mol. The van der Waals surface area contributed by atoms with Gasteiger partial charge in [-0.3, -0.25) is 4.79 Å². The van der Waals surface area contributed by atoms with Gasteiger partial charge in [0.05, 0.1) is 5.39 Å². The molecule has 2 rings (SSSR count). The minimum absolute atomic E-state index is 0.292. The lowest BCUT2D eigenvalue weighted by Crippen LogP contribution is -2.08. The summed E-state index contributed by atoms with van der Waals surface area (Å²) in [4.78, 5) is 17.6. The monoisotopic (exact) mass is 257 g/mol. The van der Waals surface area contributed by atoms with Crippen LogP contribution in [0, 0.1) is 11.3 Å². The first-order chi connectivity index (χ1) is 8.61. The van der Waals surface area contributed by atoms with Gasteiger partial charge in [-0.1, -0.05) is 12.1 Å². The first-order valence-electron chi connectivity index (χ1n) is 5.30. The fourth-order valence-electron chi connectivity index (χ4n) is 1.52. The van der Waals surface area contributed by atoms with E-state index in [4.69, 9.17) is 5.26 Å². The Labute approximate surface area is 108 Å². The molecule has 0 saturated heterocycles. The minimum Gasteiger partial charge on any atom is -0.382 e. The first-order valence-corrected chi connectivity index (χ1v) is 6.12. The SMILES string of the molecule is CN(C)C=C(C#N)c1nc(=O)c2ccccc2s1. The van der Waals surface area contributed by atoms with Crippen LogP contribution in [0.4, 0.5) is 0 Å². The molecule has 0 bridgehead atoms. The van der Waals surface area contributed by atoms with Gasteiger partial charge >= 0.3 is 0 Å². The highest BCUT2D eigenvalue weighted by Crippen LogP contribution is 2.22. The zero-order valence-electron chi connectivity index (χ0n) is 10.0. The van der Waals surface area contributed by atoms with Crippen molar-refractivity contribution in [2.75, 3.05) is 14.1 Å². The van der Waals surface area contributed by atoms with Gasteiger partial charge in [0.25, 0.3) is 5.56 Å². The second kappa shape index (κ2) is 4.98. The highest BCUT2D eigenvalue weighted by molar-refractivity contribution is 7.19.